The lowest BCUT2D eigenvalue weighted by Gasteiger charge is -2.35. The van der Waals surface area contributed by atoms with Crippen molar-refractivity contribution in [1.29, 1.82) is 0 Å². The predicted octanol–water partition coefficient (Wildman–Crippen LogP) is 2.12. The fourth-order valence-electron chi connectivity index (χ4n) is 3.47. The quantitative estimate of drug-likeness (QED) is 0.717. The van der Waals surface area contributed by atoms with E-state index in [4.69, 9.17) is 9.47 Å². The summed E-state index contributed by atoms with van der Waals surface area (Å²) in [5.41, 5.74) is 2.14. The first-order valence-corrected chi connectivity index (χ1v) is 10.3. The molecule has 2 N–H and O–H groups in total. The van der Waals surface area contributed by atoms with E-state index in [-0.39, 0.29) is 18.4 Å². The molecule has 9 nitrogen and oxygen atoms in total. The summed E-state index contributed by atoms with van der Waals surface area (Å²) in [5, 5.41) is 5.29. The van der Waals surface area contributed by atoms with Gasteiger partial charge in [0.2, 0.25) is 5.91 Å². The van der Waals surface area contributed by atoms with E-state index in [1.165, 1.54) is 7.11 Å². The number of nitrogens with zero attached hydrogens (tertiary/aromatic N) is 2. The van der Waals surface area contributed by atoms with Gasteiger partial charge in [-0.2, -0.15) is 0 Å². The largest absolute Gasteiger partial charge is 0.497 e. The summed E-state index contributed by atoms with van der Waals surface area (Å²) in [6.07, 6.45) is 0. The Bertz CT molecular complexity index is 986. The van der Waals surface area contributed by atoms with E-state index in [0.29, 0.717) is 48.9 Å². The Labute approximate surface area is 187 Å². The van der Waals surface area contributed by atoms with Gasteiger partial charge in [-0.05, 0) is 36.8 Å². The second-order valence-corrected chi connectivity index (χ2v) is 7.42. The molecule has 9 heteroatoms. The van der Waals surface area contributed by atoms with Crippen molar-refractivity contribution in [1.82, 2.24) is 15.1 Å². The van der Waals surface area contributed by atoms with Gasteiger partial charge in [0.25, 0.3) is 5.91 Å². The number of nitrogens with one attached hydrogen (secondary N) is 2. The lowest BCUT2D eigenvalue weighted by molar-refractivity contribution is -0.131. The summed E-state index contributed by atoms with van der Waals surface area (Å²) in [5.74, 6) is 0.690. The van der Waals surface area contributed by atoms with Crippen LogP contribution in [0.15, 0.2) is 42.5 Å². The summed E-state index contributed by atoms with van der Waals surface area (Å²) in [4.78, 5) is 40.8. The number of hydrogen-bond donors (Lipinski definition) is 2. The molecule has 0 spiro atoms. The van der Waals surface area contributed by atoms with Crippen LogP contribution in [0.2, 0.25) is 0 Å². The zero-order chi connectivity index (χ0) is 23.1. The van der Waals surface area contributed by atoms with Crippen LogP contribution in [-0.2, 0) is 4.79 Å². The number of carbonyl (C=O) groups is 3. The van der Waals surface area contributed by atoms with Crippen molar-refractivity contribution in [3.8, 4) is 11.5 Å². The fourth-order valence-corrected chi connectivity index (χ4v) is 3.47. The Hall–Kier alpha value is -3.75. The molecule has 170 valence electrons. The van der Waals surface area contributed by atoms with E-state index < -0.39 is 6.03 Å². The third-order valence-electron chi connectivity index (χ3n) is 5.23. The van der Waals surface area contributed by atoms with E-state index in [9.17, 15) is 14.4 Å². The minimum Gasteiger partial charge on any atom is -0.497 e. The van der Waals surface area contributed by atoms with Gasteiger partial charge < -0.3 is 29.9 Å². The average molecular weight is 441 g/mol. The number of methoxy groups -OCH3 is 2. The molecule has 0 radical (unpaired) electrons. The van der Waals surface area contributed by atoms with Gasteiger partial charge in [-0.25, -0.2) is 4.79 Å². The number of urea groups is 1. The predicted molar refractivity (Wildman–Crippen MR) is 120 cm³/mol. The zero-order valence-corrected chi connectivity index (χ0v) is 18.5. The third-order valence-corrected chi connectivity index (χ3v) is 5.23. The van der Waals surface area contributed by atoms with Crippen molar-refractivity contribution in [2.24, 2.45) is 0 Å². The molecule has 3 rings (SSSR count). The number of aryl methyl sites for hydroxylation is 1. The molecule has 1 saturated heterocycles. The first-order valence-electron chi connectivity index (χ1n) is 10.3. The van der Waals surface area contributed by atoms with Crippen molar-refractivity contribution in [3.05, 3.63) is 53.6 Å². The number of anilines is 1. The Kier molecular flexibility index (Phi) is 7.54. The SMILES string of the molecule is COc1ccc(C(=O)N2CCN(C(=O)CNC(=O)Nc3cccc(C)c3)CC2)c(OC)c1. The molecule has 1 aliphatic heterocycles. The Morgan fingerprint density at radius 3 is 2.31 bits per heavy atom. The lowest BCUT2D eigenvalue weighted by Crippen LogP contribution is -2.52. The summed E-state index contributed by atoms with van der Waals surface area (Å²) in [7, 11) is 3.05. The first-order chi connectivity index (χ1) is 15.4. The van der Waals surface area contributed by atoms with Crippen LogP contribution in [0, 0.1) is 6.92 Å². The number of ether oxygens (including phenoxy) is 2. The summed E-state index contributed by atoms with van der Waals surface area (Å²) >= 11 is 0. The highest BCUT2D eigenvalue weighted by molar-refractivity contribution is 5.97. The number of rotatable bonds is 6. The minimum absolute atomic E-state index is 0.113. The maximum absolute atomic E-state index is 12.9. The summed E-state index contributed by atoms with van der Waals surface area (Å²) in [6.45, 7) is 3.40. The highest BCUT2D eigenvalue weighted by atomic mass is 16.5. The van der Waals surface area contributed by atoms with Crippen LogP contribution in [-0.4, -0.2) is 74.6 Å². The minimum atomic E-state index is -0.440. The van der Waals surface area contributed by atoms with Gasteiger partial charge in [-0.3, -0.25) is 9.59 Å². The molecule has 0 atom stereocenters. The maximum atomic E-state index is 12.9. The number of amides is 4. The van der Waals surface area contributed by atoms with E-state index in [1.54, 1.807) is 41.2 Å². The van der Waals surface area contributed by atoms with Gasteiger partial charge in [0.1, 0.15) is 11.5 Å². The summed E-state index contributed by atoms with van der Waals surface area (Å²) < 4.78 is 10.5. The monoisotopic (exact) mass is 440 g/mol. The molecule has 0 bridgehead atoms. The molecule has 1 aliphatic rings. The van der Waals surface area contributed by atoms with Crippen molar-refractivity contribution in [3.63, 3.8) is 0 Å². The van der Waals surface area contributed by atoms with Crippen LogP contribution >= 0.6 is 0 Å². The van der Waals surface area contributed by atoms with Crippen molar-refractivity contribution in [2.45, 2.75) is 6.92 Å². The van der Waals surface area contributed by atoms with Crippen molar-refractivity contribution < 1.29 is 23.9 Å². The van der Waals surface area contributed by atoms with E-state index in [2.05, 4.69) is 10.6 Å². The molecule has 1 heterocycles. The maximum Gasteiger partial charge on any atom is 0.319 e. The van der Waals surface area contributed by atoms with Gasteiger partial charge in [0.05, 0.1) is 26.3 Å². The normalized spacial score (nSPS) is 13.3. The zero-order valence-electron chi connectivity index (χ0n) is 18.5. The van der Waals surface area contributed by atoms with E-state index in [1.807, 2.05) is 25.1 Å². The molecule has 1 fully saturated rings. The number of hydrogen-bond acceptors (Lipinski definition) is 5. The Balaban J connectivity index is 1.48. The van der Waals surface area contributed by atoms with Crippen molar-refractivity contribution in [2.75, 3.05) is 52.3 Å². The molecule has 0 saturated carbocycles. The highest BCUT2D eigenvalue weighted by Crippen LogP contribution is 2.26. The molecule has 32 heavy (non-hydrogen) atoms. The Morgan fingerprint density at radius 1 is 0.938 bits per heavy atom. The van der Waals surface area contributed by atoms with Crippen LogP contribution in [0.25, 0.3) is 0 Å². The van der Waals surface area contributed by atoms with Gasteiger partial charge >= 0.3 is 6.03 Å². The fraction of sp³-hybridized carbons (Fsp3) is 0.348. The molecule has 0 aromatic heterocycles. The molecule has 0 aliphatic carbocycles. The second kappa shape index (κ2) is 10.5. The number of carbonyl (C=O) groups excluding carboxylic acids is 3. The molecular weight excluding hydrogens is 412 g/mol. The summed E-state index contributed by atoms with van der Waals surface area (Å²) in [6, 6.07) is 12.0. The van der Waals surface area contributed by atoms with Crippen LogP contribution < -0.4 is 20.1 Å². The van der Waals surface area contributed by atoms with E-state index >= 15 is 0 Å². The smallest absolute Gasteiger partial charge is 0.319 e. The van der Waals surface area contributed by atoms with Gasteiger partial charge in [0.15, 0.2) is 0 Å². The van der Waals surface area contributed by atoms with Gasteiger partial charge in [-0.15, -0.1) is 0 Å². The van der Waals surface area contributed by atoms with Gasteiger partial charge in [0, 0.05) is 37.9 Å². The Morgan fingerprint density at radius 2 is 1.66 bits per heavy atom. The number of piperazine rings is 1. The molecule has 4 amide bonds. The van der Waals surface area contributed by atoms with Crippen LogP contribution in [0.1, 0.15) is 15.9 Å². The average Bonchev–Trinajstić information content (AvgIpc) is 2.81. The lowest BCUT2D eigenvalue weighted by atomic mass is 10.1. The third kappa shape index (κ3) is 5.69. The molecule has 2 aromatic rings. The van der Waals surface area contributed by atoms with Crippen molar-refractivity contribution >= 4 is 23.5 Å². The van der Waals surface area contributed by atoms with E-state index in [0.717, 1.165) is 5.56 Å². The second-order valence-electron chi connectivity index (χ2n) is 7.42. The standard InChI is InChI=1S/C23H28N4O5/c1-16-5-4-6-17(13-16)25-23(30)24-15-21(28)26-9-11-27(12-10-26)22(29)19-8-7-18(31-2)14-20(19)32-3/h4-8,13-14H,9-12,15H2,1-3H3,(H2,24,25,30). The van der Waals surface area contributed by atoms with Crippen LogP contribution in [0.4, 0.5) is 10.5 Å². The molecule has 2 aromatic carbocycles. The number of benzene rings is 2. The van der Waals surface area contributed by atoms with Gasteiger partial charge in [-0.1, -0.05) is 12.1 Å². The van der Waals surface area contributed by atoms with Crippen LogP contribution in [0.5, 0.6) is 11.5 Å². The first kappa shape index (κ1) is 22.9. The topological polar surface area (TPSA) is 100 Å². The van der Waals surface area contributed by atoms with Crippen LogP contribution in [0.3, 0.4) is 0 Å². The highest BCUT2D eigenvalue weighted by Gasteiger charge is 2.26. The molecule has 0 unspecified atom stereocenters. The molecular formula is C23H28N4O5.